The fraction of sp³-hybridized carbons (Fsp3) is 0.296. The second kappa shape index (κ2) is 10.4. The monoisotopic (exact) mass is 555 g/mol. The summed E-state index contributed by atoms with van der Waals surface area (Å²) >= 11 is 6.47. The Morgan fingerprint density at radius 2 is 1.92 bits per heavy atom. The maximum atomic E-state index is 14.1. The second-order valence-electron chi connectivity index (χ2n) is 9.67. The van der Waals surface area contributed by atoms with E-state index in [0.717, 1.165) is 6.20 Å². The quantitative estimate of drug-likeness (QED) is 0.360. The molecule has 0 saturated carbocycles. The number of halogens is 3. The van der Waals surface area contributed by atoms with E-state index in [1.54, 1.807) is 38.2 Å². The van der Waals surface area contributed by atoms with E-state index in [0.29, 0.717) is 47.6 Å². The lowest BCUT2D eigenvalue weighted by molar-refractivity contribution is 0.00564. The molecule has 1 aliphatic rings. The van der Waals surface area contributed by atoms with Gasteiger partial charge >= 0.3 is 0 Å². The van der Waals surface area contributed by atoms with E-state index in [-0.39, 0.29) is 34.8 Å². The molecule has 0 unspecified atom stereocenters. The van der Waals surface area contributed by atoms with Gasteiger partial charge in [0.05, 0.1) is 36.5 Å². The highest BCUT2D eigenvalue weighted by Crippen LogP contribution is 2.33. The first-order valence-corrected chi connectivity index (χ1v) is 12.4. The molecule has 5 rings (SSSR count). The van der Waals surface area contributed by atoms with Gasteiger partial charge in [-0.1, -0.05) is 11.6 Å². The van der Waals surface area contributed by atoms with Crippen LogP contribution in [0.2, 0.25) is 5.02 Å². The molecular weight excluding hydrogens is 532 g/mol. The average Bonchev–Trinajstić information content (AvgIpc) is 2.85. The molecular formula is C27H24ClF2N5O4. The van der Waals surface area contributed by atoms with Crippen molar-refractivity contribution in [3.05, 3.63) is 92.6 Å². The molecule has 39 heavy (non-hydrogen) atoms. The maximum absolute atomic E-state index is 14.1. The largest absolute Gasteiger partial charge is 0.485 e. The molecule has 0 amide bonds. The lowest BCUT2D eigenvalue weighted by Gasteiger charge is -2.30. The Hall–Kier alpha value is -3.80. The Kier molecular flexibility index (Phi) is 7.15. The van der Waals surface area contributed by atoms with Crippen molar-refractivity contribution in [2.24, 2.45) is 0 Å². The number of pyridine rings is 3. The van der Waals surface area contributed by atoms with E-state index in [1.165, 1.54) is 10.8 Å². The first kappa shape index (κ1) is 26.8. The summed E-state index contributed by atoms with van der Waals surface area (Å²) in [5, 5.41) is 10.1. The zero-order chi connectivity index (χ0) is 27.9. The van der Waals surface area contributed by atoms with Crippen molar-refractivity contribution in [1.29, 1.82) is 0 Å². The molecule has 1 fully saturated rings. The number of aryl methyl sites for hydroxylation is 1. The van der Waals surface area contributed by atoms with Gasteiger partial charge < -0.3 is 14.6 Å². The van der Waals surface area contributed by atoms with E-state index in [1.807, 2.05) is 6.92 Å². The predicted octanol–water partition coefficient (Wildman–Crippen LogP) is 4.24. The van der Waals surface area contributed by atoms with Crippen LogP contribution in [0.15, 0.2) is 47.7 Å². The van der Waals surface area contributed by atoms with E-state index < -0.39 is 22.8 Å². The Balaban J connectivity index is 1.58. The first-order valence-electron chi connectivity index (χ1n) is 12.0. The molecule has 1 saturated heterocycles. The number of aromatic nitrogens is 5. The Morgan fingerprint density at radius 1 is 1.15 bits per heavy atom. The third-order valence-electron chi connectivity index (χ3n) is 6.23. The second-order valence-corrected chi connectivity index (χ2v) is 10.1. The highest BCUT2D eigenvalue weighted by molar-refractivity contribution is 6.31. The molecule has 0 bridgehead atoms. The van der Waals surface area contributed by atoms with Crippen LogP contribution < -0.4 is 10.3 Å². The molecule has 4 aromatic heterocycles. The van der Waals surface area contributed by atoms with Gasteiger partial charge in [-0.3, -0.25) is 19.3 Å². The summed E-state index contributed by atoms with van der Waals surface area (Å²) < 4.78 is 39.8. The smallest absolute Gasteiger partial charge is 0.277 e. The number of aliphatic hydroxyl groups is 1. The highest BCUT2D eigenvalue weighted by atomic mass is 35.5. The first-order chi connectivity index (χ1) is 18.5. The lowest BCUT2D eigenvalue weighted by Crippen LogP contribution is -2.33. The van der Waals surface area contributed by atoms with Crippen molar-refractivity contribution >= 4 is 11.6 Å². The van der Waals surface area contributed by atoms with Gasteiger partial charge in [0, 0.05) is 36.1 Å². The molecule has 12 heteroatoms. The van der Waals surface area contributed by atoms with E-state index in [4.69, 9.17) is 21.1 Å². The highest BCUT2D eigenvalue weighted by Gasteiger charge is 2.28. The summed E-state index contributed by atoms with van der Waals surface area (Å²) in [6, 6.07) is 5.70. The summed E-state index contributed by atoms with van der Waals surface area (Å²) in [6.45, 7) is 5.38. The predicted molar refractivity (Wildman–Crippen MR) is 138 cm³/mol. The number of hydrogen-bond donors (Lipinski definition) is 1. The van der Waals surface area contributed by atoms with Gasteiger partial charge in [-0.15, -0.1) is 0 Å². The van der Waals surface area contributed by atoms with Crippen LogP contribution in [0.4, 0.5) is 8.78 Å². The van der Waals surface area contributed by atoms with Crippen molar-refractivity contribution in [1.82, 2.24) is 24.5 Å². The third kappa shape index (κ3) is 5.38. The molecule has 4 aromatic rings. The van der Waals surface area contributed by atoms with Crippen molar-refractivity contribution in [3.8, 4) is 22.8 Å². The van der Waals surface area contributed by atoms with Crippen LogP contribution in [-0.2, 0) is 16.9 Å². The van der Waals surface area contributed by atoms with Crippen molar-refractivity contribution in [2.75, 3.05) is 13.2 Å². The van der Waals surface area contributed by atoms with Gasteiger partial charge in [-0.05, 0) is 38.5 Å². The molecule has 0 spiro atoms. The molecule has 202 valence electrons. The fourth-order valence-electron chi connectivity index (χ4n) is 4.03. The van der Waals surface area contributed by atoms with Gasteiger partial charge in [0.15, 0.2) is 11.6 Å². The Bertz CT molecular complexity index is 1620. The standard InChI is InChI=1S/C27H24ClF2N5O4/c1-14-9-32-19(18-4-5-31-26(34-18)27(2,3)37)7-21(14)35-22(15-11-38-12-15)8-23(24(28)25(35)36)39-13-20-17(30)6-16(29)10-33-20/h4-10,15,37H,11-13H2,1-3H3. The summed E-state index contributed by atoms with van der Waals surface area (Å²) in [7, 11) is 0. The van der Waals surface area contributed by atoms with Crippen LogP contribution in [0.1, 0.15) is 42.5 Å². The lowest BCUT2D eigenvalue weighted by atomic mass is 10.0. The molecule has 1 N–H and O–H groups in total. The van der Waals surface area contributed by atoms with Crippen molar-refractivity contribution in [2.45, 2.75) is 38.9 Å². The molecule has 1 aliphatic heterocycles. The minimum Gasteiger partial charge on any atom is -0.485 e. The summed E-state index contributed by atoms with van der Waals surface area (Å²) in [6.07, 6.45) is 4.03. The van der Waals surface area contributed by atoms with Gasteiger partial charge in [0.2, 0.25) is 0 Å². The van der Waals surface area contributed by atoms with Crippen LogP contribution in [0, 0.1) is 18.6 Å². The zero-order valence-electron chi connectivity index (χ0n) is 21.3. The van der Waals surface area contributed by atoms with Gasteiger partial charge in [0.1, 0.15) is 34.5 Å². The molecule has 0 aliphatic carbocycles. The normalized spacial score (nSPS) is 13.8. The summed E-state index contributed by atoms with van der Waals surface area (Å²) in [5.74, 6) is -1.54. The third-order valence-corrected chi connectivity index (χ3v) is 6.58. The topological polar surface area (TPSA) is 112 Å². The van der Waals surface area contributed by atoms with Crippen molar-refractivity contribution < 1.29 is 23.4 Å². The SMILES string of the molecule is Cc1cnc(-c2ccnc(C(C)(C)O)n2)cc1-n1c(C2COC2)cc(OCc2ncc(F)cc2F)c(Cl)c1=O. The van der Waals surface area contributed by atoms with Crippen LogP contribution in [0.3, 0.4) is 0 Å². The van der Waals surface area contributed by atoms with E-state index in [9.17, 15) is 18.7 Å². The van der Waals surface area contributed by atoms with Gasteiger partial charge in [-0.2, -0.15) is 0 Å². The van der Waals surface area contributed by atoms with Crippen LogP contribution in [-0.4, -0.2) is 42.8 Å². The van der Waals surface area contributed by atoms with Gasteiger partial charge in [-0.25, -0.2) is 18.7 Å². The van der Waals surface area contributed by atoms with Crippen LogP contribution in [0.5, 0.6) is 5.75 Å². The summed E-state index contributed by atoms with van der Waals surface area (Å²) in [5.41, 5.74) is 0.784. The van der Waals surface area contributed by atoms with E-state index >= 15 is 0 Å². The minimum atomic E-state index is -1.26. The molecule has 9 nitrogen and oxygen atoms in total. The van der Waals surface area contributed by atoms with Crippen LogP contribution in [0.25, 0.3) is 17.1 Å². The molecule has 0 atom stereocenters. The molecule has 5 heterocycles. The Morgan fingerprint density at radius 3 is 2.59 bits per heavy atom. The minimum absolute atomic E-state index is 0.0443. The number of hydrogen-bond acceptors (Lipinski definition) is 8. The van der Waals surface area contributed by atoms with Gasteiger partial charge in [0.25, 0.3) is 5.56 Å². The Labute approximate surface area is 227 Å². The molecule has 0 aromatic carbocycles. The van der Waals surface area contributed by atoms with Crippen molar-refractivity contribution in [3.63, 3.8) is 0 Å². The average molecular weight is 556 g/mol. The van der Waals surface area contributed by atoms with E-state index in [2.05, 4.69) is 19.9 Å². The molecule has 0 radical (unpaired) electrons. The zero-order valence-corrected chi connectivity index (χ0v) is 22.0. The maximum Gasteiger partial charge on any atom is 0.277 e. The van der Waals surface area contributed by atoms with Crippen LogP contribution >= 0.6 is 11.6 Å². The number of ether oxygens (including phenoxy) is 2. The number of rotatable bonds is 7. The summed E-state index contributed by atoms with van der Waals surface area (Å²) in [4.78, 5) is 30.4. The number of nitrogens with zero attached hydrogens (tertiary/aromatic N) is 5. The fourth-order valence-corrected chi connectivity index (χ4v) is 4.22.